The van der Waals surface area contributed by atoms with Crippen LogP contribution in [-0.2, 0) is 17.6 Å². The Morgan fingerprint density at radius 1 is 1.07 bits per heavy atom. The number of thiophene rings is 1. The molecule has 154 valence electrons. The van der Waals surface area contributed by atoms with Crippen molar-refractivity contribution in [1.82, 2.24) is 14.7 Å². The van der Waals surface area contributed by atoms with E-state index in [0.29, 0.717) is 5.91 Å². The van der Waals surface area contributed by atoms with Crippen molar-refractivity contribution in [3.63, 3.8) is 0 Å². The van der Waals surface area contributed by atoms with Gasteiger partial charge in [-0.05, 0) is 56.7 Å². The lowest BCUT2D eigenvalue weighted by molar-refractivity contribution is -0.137. The Labute approximate surface area is 172 Å². The van der Waals surface area contributed by atoms with Gasteiger partial charge in [0.05, 0.1) is 4.88 Å². The van der Waals surface area contributed by atoms with Gasteiger partial charge in [0.2, 0.25) is 5.91 Å². The fraction of sp³-hybridized carbons (Fsp3) is 0.727. The molecule has 1 aromatic rings. The molecule has 0 radical (unpaired) electrons. The number of rotatable bonds is 5. The van der Waals surface area contributed by atoms with Crippen LogP contribution in [0.3, 0.4) is 0 Å². The Morgan fingerprint density at radius 2 is 1.82 bits per heavy atom. The number of carbonyl (C=O) groups excluding carboxylic acids is 2. The maximum absolute atomic E-state index is 13.1. The summed E-state index contributed by atoms with van der Waals surface area (Å²) in [4.78, 5) is 34.5. The van der Waals surface area contributed by atoms with Crippen molar-refractivity contribution in [3.8, 4) is 0 Å². The van der Waals surface area contributed by atoms with Gasteiger partial charge in [-0.3, -0.25) is 14.5 Å². The van der Waals surface area contributed by atoms with Crippen molar-refractivity contribution in [1.29, 1.82) is 0 Å². The summed E-state index contributed by atoms with van der Waals surface area (Å²) in [5, 5.41) is 0. The summed E-state index contributed by atoms with van der Waals surface area (Å²) in [5.74, 6) is 0.626. The molecule has 2 fully saturated rings. The Balaban J connectivity index is 1.33. The number of amides is 2. The zero-order valence-electron chi connectivity index (χ0n) is 17.1. The van der Waals surface area contributed by atoms with E-state index in [1.165, 1.54) is 23.3 Å². The molecule has 6 heteroatoms. The third-order valence-corrected chi connectivity index (χ3v) is 7.77. The van der Waals surface area contributed by atoms with Crippen molar-refractivity contribution in [2.75, 3.05) is 45.8 Å². The van der Waals surface area contributed by atoms with E-state index >= 15 is 0 Å². The molecule has 1 aromatic heterocycles. The molecular weight excluding hydrogens is 370 g/mol. The van der Waals surface area contributed by atoms with Crippen molar-refractivity contribution in [3.05, 3.63) is 21.4 Å². The Morgan fingerprint density at radius 3 is 2.54 bits per heavy atom. The Hall–Kier alpha value is -1.40. The van der Waals surface area contributed by atoms with E-state index in [9.17, 15) is 9.59 Å². The van der Waals surface area contributed by atoms with Gasteiger partial charge in [0.25, 0.3) is 5.91 Å². The molecule has 2 amide bonds. The standard InChI is InChI=1S/C22H33N3O2S/c1-2-3-8-23-11-13-25(14-12-23)21(26)17-6-7-19-18(15-17)16-20(28-19)22(27)24-9-4-5-10-24/h16-17H,2-15H2,1H3/t17-/m1/s1. The minimum atomic E-state index is 0.0963. The van der Waals surface area contributed by atoms with Crippen molar-refractivity contribution < 1.29 is 9.59 Å². The maximum atomic E-state index is 13.1. The fourth-order valence-corrected chi connectivity index (χ4v) is 5.92. The van der Waals surface area contributed by atoms with E-state index in [-0.39, 0.29) is 11.8 Å². The first-order valence-corrected chi connectivity index (χ1v) is 11.9. The summed E-state index contributed by atoms with van der Waals surface area (Å²) in [6.45, 7) is 8.94. The van der Waals surface area contributed by atoms with Gasteiger partial charge >= 0.3 is 0 Å². The molecule has 2 saturated heterocycles. The summed E-state index contributed by atoms with van der Waals surface area (Å²) in [5.41, 5.74) is 1.25. The molecule has 4 rings (SSSR count). The van der Waals surface area contributed by atoms with Crippen LogP contribution in [0, 0.1) is 5.92 Å². The van der Waals surface area contributed by atoms with Gasteiger partial charge in [-0.2, -0.15) is 0 Å². The number of likely N-dealkylation sites (tertiary alicyclic amines) is 1. The van der Waals surface area contributed by atoms with Gasteiger partial charge in [-0.15, -0.1) is 11.3 Å². The molecule has 1 atom stereocenters. The molecule has 0 spiro atoms. The molecule has 0 aromatic carbocycles. The number of carbonyl (C=O) groups is 2. The molecule has 5 nitrogen and oxygen atoms in total. The van der Waals surface area contributed by atoms with Crippen molar-refractivity contribution in [2.24, 2.45) is 5.92 Å². The van der Waals surface area contributed by atoms with Gasteiger partial charge in [-0.25, -0.2) is 0 Å². The lowest BCUT2D eigenvalue weighted by Gasteiger charge is -2.37. The Bertz CT molecular complexity index is 703. The van der Waals surface area contributed by atoms with Gasteiger partial charge in [-0.1, -0.05) is 13.3 Å². The molecule has 0 saturated carbocycles. The van der Waals surface area contributed by atoms with Crippen LogP contribution < -0.4 is 0 Å². The summed E-state index contributed by atoms with van der Waals surface area (Å²) in [7, 11) is 0. The SMILES string of the molecule is CCCCN1CCN(C(=O)[C@@H]2CCc3sc(C(=O)N4CCCC4)cc3C2)CC1. The maximum Gasteiger partial charge on any atom is 0.263 e. The number of hydrogen-bond acceptors (Lipinski definition) is 4. The molecular formula is C22H33N3O2S. The first-order chi connectivity index (χ1) is 13.7. The first kappa shape index (κ1) is 19.9. The zero-order valence-corrected chi connectivity index (χ0v) is 17.9. The second-order valence-electron chi connectivity index (χ2n) is 8.52. The molecule has 0 N–H and O–H groups in total. The second-order valence-corrected chi connectivity index (χ2v) is 9.66. The highest BCUT2D eigenvalue weighted by Crippen LogP contribution is 2.34. The van der Waals surface area contributed by atoms with Gasteiger partial charge in [0, 0.05) is 50.1 Å². The number of unbranched alkanes of at least 4 members (excludes halogenated alkanes) is 1. The van der Waals surface area contributed by atoms with Crippen molar-refractivity contribution >= 4 is 23.2 Å². The quantitative estimate of drug-likeness (QED) is 0.759. The molecule has 3 heterocycles. The lowest BCUT2D eigenvalue weighted by atomic mass is 9.87. The zero-order chi connectivity index (χ0) is 19.5. The smallest absolute Gasteiger partial charge is 0.263 e. The van der Waals surface area contributed by atoms with Crippen LogP contribution in [-0.4, -0.2) is 72.3 Å². The highest BCUT2D eigenvalue weighted by molar-refractivity contribution is 7.14. The molecule has 0 unspecified atom stereocenters. The van der Waals surface area contributed by atoms with E-state index in [2.05, 4.69) is 22.8 Å². The summed E-state index contributed by atoms with van der Waals surface area (Å²) in [6.07, 6.45) is 7.41. The molecule has 28 heavy (non-hydrogen) atoms. The molecule has 2 aliphatic heterocycles. The first-order valence-electron chi connectivity index (χ1n) is 11.1. The summed E-state index contributed by atoms with van der Waals surface area (Å²) < 4.78 is 0. The highest BCUT2D eigenvalue weighted by Gasteiger charge is 2.32. The molecule has 0 bridgehead atoms. The third kappa shape index (κ3) is 4.28. The number of piperazine rings is 1. The monoisotopic (exact) mass is 403 g/mol. The van der Waals surface area contributed by atoms with Gasteiger partial charge in [0.1, 0.15) is 0 Å². The van der Waals surface area contributed by atoms with E-state index < -0.39 is 0 Å². The predicted molar refractivity (Wildman–Crippen MR) is 113 cm³/mol. The highest BCUT2D eigenvalue weighted by atomic mass is 32.1. The van der Waals surface area contributed by atoms with Crippen LogP contribution in [0.4, 0.5) is 0 Å². The number of nitrogens with zero attached hydrogens (tertiary/aromatic N) is 3. The fourth-order valence-electron chi connectivity index (χ4n) is 4.75. The largest absolute Gasteiger partial charge is 0.340 e. The lowest BCUT2D eigenvalue weighted by Crippen LogP contribution is -2.51. The van der Waals surface area contributed by atoms with Crippen LogP contribution in [0.15, 0.2) is 6.07 Å². The van der Waals surface area contributed by atoms with Crippen LogP contribution >= 0.6 is 11.3 Å². The van der Waals surface area contributed by atoms with Gasteiger partial charge < -0.3 is 9.80 Å². The van der Waals surface area contributed by atoms with Gasteiger partial charge in [0.15, 0.2) is 0 Å². The van der Waals surface area contributed by atoms with Crippen LogP contribution in [0.5, 0.6) is 0 Å². The second kappa shape index (κ2) is 8.95. The molecule has 1 aliphatic carbocycles. The number of fused-ring (bicyclic) bond motifs is 1. The summed E-state index contributed by atoms with van der Waals surface area (Å²) >= 11 is 1.66. The van der Waals surface area contributed by atoms with E-state index in [1.54, 1.807) is 11.3 Å². The topological polar surface area (TPSA) is 43.9 Å². The number of hydrogen-bond donors (Lipinski definition) is 0. The molecule has 3 aliphatic rings. The van der Waals surface area contributed by atoms with E-state index in [4.69, 9.17) is 0 Å². The van der Waals surface area contributed by atoms with Crippen LogP contribution in [0.2, 0.25) is 0 Å². The van der Waals surface area contributed by atoms with Crippen LogP contribution in [0.1, 0.15) is 59.1 Å². The van der Waals surface area contributed by atoms with E-state index in [0.717, 1.165) is 82.8 Å². The van der Waals surface area contributed by atoms with E-state index in [1.807, 2.05) is 4.90 Å². The normalized spacial score (nSPS) is 23.1. The average molecular weight is 404 g/mol. The average Bonchev–Trinajstić information content (AvgIpc) is 3.41. The minimum absolute atomic E-state index is 0.0963. The van der Waals surface area contributed by atoms with Crippen LogP contribution in [0.25, 0.3) is 0 Å². The Kier molecular flexibility index (Phi) is 6.36. The summed E-state index contributed by atoms with van der Waals surface area (Å²) in [6, 6.07) is 2.09. The number of aryl methyl sites for hydroxylation is 1. The minimum Gasteiger partial charge on any atom is -0.340 e. The predicted octanol–water partition coefficient (Wildman–Crippen LogP) is 3.03. The third-order valence-electron chi connectivity index (χ3n) is 6.55. The van der Waals surface area contributed by atoms with Crippen molar-refractivity contribution in [2.45, 2.75) is 51.9 Å².